The average Bonchev–Trinajstić information content (AvgIpc) is 2.21. The monoisotopic (exact) mass is 118 g/mol. The van der Waals surface area contributed by atoms with Crippen molar-refractivity contribution in [3.63, 3.8) is 0 Å². The summed E-state index contributed by atoms with van der Waals surface area (Å²) < 4.78 is 1.50. The molecule has 0 radical (unpaired) electrons. The van der Waals surface area contributed by atoms with Crippen molar-refractivity contribution < 1.29 is 0 Å². The molecule has 34 valence electrons. The van der Waals surface area contributed by atoms with Gasteiger partial charge in [0.15, 0.2) is 0 Å². The van der Waals surface area contributed by atoms with Gasteiger partial charge in [0.2, 0.25) is 0 Å². The molecule has 2 heteroatoms. The summed E-state index contributed by atoms with van der Waals surface area (Å²) in [5, 5.41) is 0. The Labute approximate surface area is 45.8 Å². The Morgan fingerprint density at radius 3 is 2.50 bits per heavy atom. The van der Waals surface area contributed by atoms with Gasteiger partial charge in [0, 0.05) is 0 Å². The van der Waals surface area contributed by atoms with Crippen molar-refractivity contribution in [2.45, 2.75) is 13.3 Å². The molecule has 0 aromatic heterocycles. The fraction of sp³-hybridized carbons (Fsp3) is 0.500. The summed E-state index contributed by atoms with van der Waals surface area (Å²) in [5.74, 6) is 0. The van der Waals surface area contributed by atoms with E-state index in [1.54, 1.807) is 0 Å². The second kappa shape index (κ2) is 1.94. The molecular weight excluding hydrogens is 112 g/mol. The van der Waals surface area contributed by atoms with Gasteiger partial charge >= 0.3 is 0 Å². The number of hydrogen-bond acceptors (Lipinski definition) is 2. The molecule has 1 saturated heterocycles. The van der Waals surface area contributed by atoms with E-state index in [2.05, 4.69) is 13.0 Å². The lowest BCUT2D eigenvalue weighted by Gasteiger charge is -1.64. The Bertz CT molecular complexity index is 69.6. The van der Waals surface area contributed by atoms with Crippen molar-refractivity contribution in [2.75, 3.05) is 0 Å². The number of allylic oxidation sites excluding steroid dienone is 1. The lowest BCUT2D eigenvalue weighted by molar-refractivity contribution is 1.23. The molecule has 0 N–H and O–H groups in total. The predicted molar refractivity (Wildman–Crippen MR) is 33.6 cm³/mol. The fourth-order valence-corrected chi connectivity index (χ4v) is 1.33. The lowest BCUT2D eigenvalue weighted by atomic mass is 10.5. The Morgan fingerprint density at radius 1 is 1.67 bits per heavy atom. The first-order chi connectivity index (χ1) is 2.93. The summed E-state index contributed by atoms with van der Waals surface area (Å²) in [6.07, 6.45) is 3.44. The van der Waals surface area contributed by atoms with Crippen LogP contribution in [0.2, 0.25) is 0 Å². The lowest BCUT2D eigenvalue weighted by Crippen LogP contribution is -1.43. The van der Waals surface area contributed by atoms with E-state index >= 15 is 0 Å². The van der Waals surface area contributed by atoms with Gasteiger partial charge in [-0.3, -0.25) is 0 Å². The maximum absolute atomic E-state index is 2.25. The van der Waals surface area contributed by atoms with Crippen LogP contribution in [0.5, 0.6) is 0 Å². The summed E-state index contributed by atoms with van der Waals surface area (Å²) in [5.41, 5.74) is 0. The topological polar surface area (TPSA) is 0 Å². The van der Waals surface area contributed by atoms with Gasteiger partial charge < -0.3 is 0 Å². The maximum atomic E-state index is 2.25. The Morgan fingerprint density at radius 2 is 2.33 bits per heavy atom. The van der Waals surface area contributed by atoms with E-state index in [0.717, 1.165) is 0 Å². The molecule has 1 aliphatic heterocycles. The minimum Gasteiger partial charge on any atom is -0.0630 e. The molecule has 0 unspecified atom stereocenters. The van der Waals surface area contributed by atoms with Crippen molar-refractivity contribution in [3.05, 3.63) is 10.3 Å². The molecule has 0 bridgehead atoms. The van der Waals surface area contributed by atoms with Crippen LogP contribution in [0.1, 0.15) is 13.3 Å². The third-order valence-corrected chi connectivity index (χ3v) is 2.32. The summed E-state index contributed by atoms with van der Waals surface area (Å²) >= 11 is 0. The van der Waals surface area contributed by atoms with Crippen molar-refractivity contribution in [1.29, 1.82) is 0 Å². The standard InChI is InChI=1S/C4H6S2/c1-2-3-4-5-6-4/h3H,2H2,1H3. The molecule has 0 aromatic rings. The summed E-state index contributed by atoms with van der Waals surface area (Å²) in [6, 6.07) is 0. The van der Waals surface area contributed by atoms with E-state index in [9.17, 15) is 0 Å². The molecular formula is C4H6S2. The second-order valence-corrected chi connectivity index (χ2v) is 3.57. The third kappa shape index (κ3) is 1.27. The second-order valence-electron chi connectivity index (χ2n) is 1.10. The first-order valence-electron chi connectivity index (χ1n) is 1.98. The van der Waals surface area contributed by atoms with Gasteiger partial charge in [0.05, 0.1) is 4.24 Å². The molecule has 0 spiro atoms. The molecule has 1 rings (SSSR count). The maximum Gasteiger partial charge on any atom is 0.0586 e. The highest BCUT2D eigenvalue weighted by Gasteiger charge is 2.11. The summed E-state index contributed by atoms with van der Waals surface area (Å²) in [7, 11) is 3.74. The van der Waals surface area contributed by atoms with Gasteiger partial charge in [-0.05, 0) is 28.0 Å². The average molecular weight is 118 g/mol. The van der Waals surface area contributed by atoms with E-state index in [4.69, 9.17) is 0 Å². The van der Waals surface area contributed by atoms with E-state index in [-0.39, 0.29) is 0 Å². The zero-order chi connectivity index (χ0) is 4.41. The minimum atomic E-state index is 1.19. The highest BCUT2D eigenvalue weighted by molar-refractivity contribution is 8.96. The van der Waals surface area contributed by atoms with E-state index in [1.807, 2.05) is 21.6 Å². The zero-order valence-electron chi connectivity index (χ0n) is 3.60. The third-order valence-electron chi connectivity index (χ3n) is 0.550. The van der Waals surface area contributed by atoms with Crippen molar-refractivity contribution in [3.8, 4) is 0 Å². The Hall–Kier alpha value is 0.440. The van der Waals surface area contributed by atoms with Crippen LogP contribution in [0.3, 0.4) is 0 Å². The van der Waals surface area contributed by atoms with Gasteiger partial charge in [0.25, 0.3) is 0 Å². The smallest absolute Gasteiger partial charge is 0.0586 e. The van der Waals surface area contributed by atoms with Gasteiger partial charge in [-0.1, -0.05) is 13.0 Å². The number of rotatable bonds is 1. The van der Waals surface area contributed by atoms with Crippen LogP contribution in [0, 0.1) is 0 Å². The summed E-state index contributed by atoms with van der Waals surface area (Å²) in [6.45, 7) is 2.16. The number of hydrogen-bond donors (Lipinski definition) is 0. The molecule has 6 heavy (non-hydrogen) atoms. The van der Waals surface area contributed by atoms with Gasteiger partial charge in [-0.2, -0.15) is 0 Å². The van der Waals surface area contributed by atoms with Crippen LogP contribution in [0.25, 0.3) is 0 Å². The van der Waals surface area contributed by atoms with Crippen molar-refractivity contribution in [1.82, 2.24) is 0 Å². The van der Waals surface area contributed by atoms with Gasteiger partial charge in [-0.15, -0.1) is 0 Å². The highest BCUT2D eigenvalue weighted by Crippen LogP contribution is 2.58. The molecule has 1 fully saturated rings. The molecule has 1 heterocycles. The summed E-state index contributed by atoms with van der Waals surface area (Å²) in [4.78, 5) is 0. The first-order valence-corrected chi connectivity index (χ1v) is 4.13. The van der Waals surface area contributed by atoms with Crippen LogP contribution in [-0.4, -0.2) is 0 Å². The van der Waals surface area contributed by atoms with E-state index < -0.39 is 0 Å². The van der Waals surface area contributed by atoms with E-state index in [0.29, 0.717) is 0 Å². The highest BCUT2D eigenvalue weighted by atomic mass is 33.2. The van der Waals surface area contributed by atoms with Crippen LogP contribution < -0.4 is 0 Å². The largest absolute Gasteiger partial charge is 0.0630 e. The fourth-order valence-electron chi connectivity index (χ4n) is 0.259. The molecule has 0 aromatic carbocycles. The van der Waals surface area contributed by atoms with Crippen LogP contribution >= 0.6 is 21.6 Å². The molecule has 0 amide bonds. The van der Waals surface area contributed by atoms with Crippen molar-refractivity contribution >= 4 is 21.6 Å². The van der Waals surface area contributed by atoms with E-state index in [1.165, 1.54) is 10.7 Å². The van der Waals surface area contributed by atoms with Crippen LogP contribution in [0.15, 0.2) is 10.3 Å². The van der Waals surface area contributed by atoms with Gasteiger partial charge in [0.1, 0.15) is 0 Å². The Balaban J connectivity index is 2.24. The molecule has 0 nitrogen and oxygen atoms in total. The SMILES string of the molecule is CCC=C1SS1. The molecule has 0 aliphatic carbocycles. The molecule has 0 saturated carbocycles. The quantitative estimate of drug-likeness (QED) is 0.383. The Kier molecular flexibility index (Phi) is 1.48. The van der Waals surface area contributed by atoms with Gasteiger partial charge in [-0.25, -0.2) is 0 Å². The first kappa shape index (κ1) is 4.60. The minimum absolute atomic E-state index is 1.19. The molecule has 0 atom stereocenters. The van der Waals surface area contributed by atoms with Crippen LogP contribution in [0.4, 0.5) is 0 Å². The zero-order valence-corrected chi connectivity index (χ0v) is 5.23. The van der Waals surface area contributed by atoms with Crippen LogP contribution in [-0.2, 0) is 0 Å². The predicted octanol–water partition coefficient (Wildman–Crippen LogP) is 2.63. The molecule has 1 aliphatic rings. The van der Waals surface area contributed by atoms with Crippen molar-refractivity contribution in [2.24, 2.45) is 0 Å². The normalized spacial score (nSPS) is 17.8.